The van der Waals surface area contributed by atoms with Crippen LogP contribution in [0.15, 0.2) is 24.3 Å². The Hall–Kier alpha value is -2.04. The monoisotopic (exact) mass is 250 g/mol. The molecular weight excluding hydrogens is 232 g/mol. The van der Waals surface area contributed by atoms with Gasteiger partial charge in [0.1, 0.15) is 0 Å². The molecule has 0 unspecified atom stereocenters. The number of carbonyl (C=O) groups is 2. The predicted octanol–water partition coefficient (Wildman–Crippen LogP) is 1.52. The van der Waals surface area contributed by atoms with Gasteiger partial charge in [-0.15, -0.1) is 0 Å². The van der Waals surface area contributed by atoms with Crippen molar-refractivity contribution < 1.29 is 14.7 Å². The summed E-state index contributed by atoms with van der Waals surface area (Å²) in [6.45, 7) is 4.07. The number of carboxylic acid groups (broad SMARTS) is 1. The van der Waals surface area contributed by atoms with E-state index in [2.05, 4.69) is 10.6 Å². The Morgan fingerprint density at radius 3 is 2.39 bits per heavy atom. The van der Waals surface area contributed by atoms with Crippen LogP contribution in [0.4, 0.5) is 4.79 Å². The van der Waals surface area contributed by atoms with E-state index >= 15 is 0 Å². The molecule has 0 spiro atoms. The van der Waals surface area contributed by atoms with Crippen molar-refractivity contribution >= 4 is 12.0 Å². The highest BCUT2D eigenvalue weighted by Gasteiger charge is 2.07. The topological polar surface area (TPSA) is 78.4 Å². The lowest BCUT2D eigenvalue weighted by atomic mass is 10.0. The maximum absolute atomic E-state index is 11.4. The van der Waals surface area contributed by atoms with Crippen molar-refractivity contribution in [2.45, 2.75) is 32.9 Å². The number of nitrogens with one attached hydrogen (secondary N) is 2. The van der Waals surface area contributed by atoms with Crippen LogP contribution in [-0.4, -0.2) is 23.1 Å². The molecular formula is C13H18N2O3. The normalized spacial score (nSPS) is 10.2. The van der Waals surface area contributed by atoms with Crippen molar-refractivity contribution in [2.24, 2.45) is 0 Å². The molecule has 0 aromatic heterocycles. The van der Waals surface area contributed by atoms with Gasteiger partial charge in [0.05, 0.1) is 6.42 Å². The average Bonchev–Trinajstić information content (AvgIpc) is 2.26. The van der Waals surface area contributed by atoms with Crippen LogP contribution in [0.3, 0.4) is 0 Å². The van der Waals surface area contributed by atoms with E-state index in [1.807, 2.05) is 26.0 Å². The third kappa shape index (κ3) is 4.86. The fourth-order valence-electron chi connectivity index (χ4n) is 1.55. The maximum Gasteiger partial charge on any atom is 0.315 e. The first kappa shape index (κ1) is 14.0. The van der Waals surface area contributed by atoms with Gasteiger partial charge in [-0.2, -0.15) is 0 Å². The zero-order valence-corrected chi connectivity index (χ0v) is 10.6. The third-order valence-electron chi connectivity index (χ3n) is 2.32. The van der Waals surface area contributed by atoms with Crippen LogP contribution >= 0.6 is 0 Å². The second-order valence-corrected chi connectivity index (χ2v) is 4.32. The van der Waals surface area contributed by atoms with Crippen molar-refractivity contribution in [2.75, 3.05) is 0 Å². The van der Waals surface area contributed by atoms with Gasteiger partial charge in [-0.1, -0.05) is 24.3 Å². The molecule has 0 saturated carbocycles. The molecule has 0 bridgehead atoms. The molecule has 0 radical (unpaired) electrons. The third-order valence-corrected chi connectivity index (χ3v) is 2.32. The first-order chi connectivity index (χ1) is 8.49. The van der Waals surface area contributed by atoms with Crippen molar-refractivity contribution in [3.8, 4) is 0 Å². The summed E-state index contributed by atoms with van der Waals surface area (Å²) in [6, 6.07) is 6.99. The number of hydrogen-bond donors (Lipinski definition) is 3. The number of rotatable bonds is 5. The Morgan fingerprint density at radius 1 is 1.22 bits per heavy atom. The molecule has 1 aromatic rings. The molecule has 3 N–H and O–H groups in total. The van der Waals surface area contributed by atoms with Gasteiger partial charge < -0.3 is 15.7 Å². The minimum absolute atomic E-state index is 0.0380. The smallest absolute Gasteiger partial charge is 0.315 e. The molecule has 0 atom stereocenters. The average molecular weight is 250 g/mol. The van der Waals surface area contributed by atoms with Crippen LogP contribution in [0.5, 0.6) is 0 Å². The molecule has 0 aliphatic heterocycles. The summed E-state index contributed by atoms with van der Waals surface area (Å²) < 4.78 is 0. The number of carbonyl (C=O) groups excluding carboxylic acids is 1. The van der Waals surface area contributed by atoms with Gasteiger partial charge in [0.2, 0.25) is 0 Å². The highest BCUT2D eigenvalue weighted by Crippen LogP contribution is 2.09. The number of urea groups is 1. The molecule has 5 heteroatoms. The zero-order valence-electron chi connectivity index (χ0n) is 10.6. The lowest BCUT2D eigenvalue weighted by Crippen LogP contribution is -2.39. The van der Waals surface area contributed by atoms with E-state index < -0.39 is 5.97 Å². The van der Waals surface area contributed by atoms with Gasteiger partial charge in [0.25, 0.3) is 0 Å². The molecule has 0 fully saturated rings. The van der Waals surface area contributed by atoms with Crippen molar-refractivity contribution in [1.29, 1.82) is 0 Å². The van der Waals surface area contributed by atoms with Gasteiger partial charge in [-0.05, 0) is 25.0 Å². The molecule has 0 aliphatic carbocycles. The van der Waals surface area contributed by atoms with Crippen LogP contribution in [0.1, 0.15) is 25.0 Å². The standard InChI is InChI=1S/C13H18N2O3/c1-9(2)15-13(18)14-8-11-6-4-3-5-10(11)7-12(16)17/h3-6,9H,7-8H2,1-2H3,(H,16,17)(H2,14,15,18). The number of carboxylic acids is 1. The van der Waals surface area contributed by atoms with Gasteiger partial charge in [-0.25, -0.2) is 4.79 Å². The van der Waals surface area contributed by atoms with E-state index in [0.717, 1.165) is 11.1 Å². The highest BCUT2D eigenvalue weighted by molar-refractivity contribution is 5.74. The number of hydrogen-bond acceptors (Lipinski definition) is 2. The number of amides is 2. The Bertz CT molecular complexity index is 430. The molecule has 2 amide bonds. The first-order valence-corrected chi connectivity index (χ1v) is 5.82. The molecule has 98 valence electrons. The van der Waals surface area contributed by atoms with Crippen molar-refractivity contribution in [1.82, 2.24) is 10.6 Å². The predicted molar refractivity (Wildman–Crippen MR) is 68.3 cm³/mol. The molecule has 0 saturated heterocycles. The summed E-state index contributed by atoms with van der Waals surface area (Å²) in [5.74, 6) is -0.880. The molecule has 18 heavy (non-hydrogen) atoms. The second-order valence-electron chi connectivity index (χ2n) is 4.32. The largest absolute Gasteiger partial charge is 0.481 e. The van der Waals surface area contributed by atoms with E-state index in [4.69, 9.17) is 5.11 Å². The Morgan fingerprint density at radius 2 is 1.83 bits per heavy atom. The van der Waals surface area contributed by atoms with Crippen LogP contribution in [0.25, 0.3) is 0 Å². The maximum atomic E-state index is 11.4. The van der Waals surface area contributed by atoms with Crippen molar-refractivity contribution in [3.63, 3.8) is 0 Å². The molecule has 5 nitrogen and oxygen atoms in total. The van der Waals surface area contributed by atoms with E-state index in [1.165, 1.54) is 0 Å². The van der Waals surface area contributed by atoms with Gasteiger partial charge in [-0.3, -0.25) is 4.79 Å². The van der Waals surface area contributed by atoms with Crippen LogP contribution < -0.4 is 10.6 Å². The van der Waals surface area contributed by atoms with Crippen molar-refractivity contribution in [3.05, 3.63) is 35.4 Å². The molecule has 1 aromatic carbocycles. The number of benzene rings is 1. The fourth-order valence-corrected chi connectivity index (χ4v) is 1.55. The lowest BCUT2D eigenvalue weighted by Gasteiger charge is -2.12. The van der Waals surface area contributed by atoms with E-state index in [0.29, 0.717) is 6.54 Å². The quantitative estimate of drug-likeness (QED) is 0.741. The Labute approximate surface area is 106 Å². The molecule has 0 heterocycles. The summed E-state index contributed by atoms with van der Waals surface area (Å²) in [5.41, 5.74) is 1.54. The van der Waals surface area contributed by atoms with Crippen LogP contribution in [-0.2, 0) is 17.8 Å². The summed E-state index contributed by atoms with van der Waals surface area (Å²) in [7, 11) is 0. The molecule has 0 aliphatic rings. The lowest BCUT2D eigenvalue weighted by molar-refractivity contribution is -0.136. The summed E-state index contributed by atoms with van der Waals surface area (Å²) in [5, 5.41) is 14.2. The van der Waals surface area contributed by atoms with Crippen LogP contribution in [0.2, 0.25) is 0 Å². The minimum Gasteiger partial charge on any atom is -0.481 e. The summed E-state index contributed by atoms with van der Waals surface area (Å²) in [6.07, 6.45) is -0.0380. The van der Waals surface area contributed by atoms with E-state index in [1.54, 1.807) is 12.1 Å². The highest BCUT2D eigenvalue weighted by atomic mass is 16.4. The van der Waals surface area contributed by atoms with E-state index in [-0.39, 0.29) is 18.5 Å². The first-order valence-electron chi connectivity index (χ1n) is 5.82. The summed E-state index contributed by atoms with van der Waals surface area (Å²) in [4.78, 5) is 22.1. The SMILES string of the molecule is CC(C)NC(=O)NCc1ccccc1CC(=O)O. The second kappa shape index (κ2) is 6.64. The van der Waals surface area contributed by atoms with Gasteiger partial charge in [0.15, 0.2) is 0 Å². The Balaban J connectivity index is 2.61. The minimum atomic E-state index is -0.880. The summed E-state index contributed by atoms with van der Waals surface area (Å²) >= 11 is 0. The number of aliphatic carboxylic acids is 1. The van der Waals surface area contributed by atoms with Gasteiger partial charge in [0, 0.05) is 12.6 Å². The Kier molecular flexibility index (Phi) is 5.17. The zero-order chi connectivity index (χ0) is 13.5. The van der Waals surface area contributed by atoms with Gasteiger partial charge >= 0.3 is 12.0 Å². The van der Waals surface area contributed by atoms with Crippen LogP contribution in [0, 0.1) is 0 Å². The van der Waals surface area contributed by atoms with E-state index in [9.17, 15) is 9.59 Å². The fraction of sp³-hybridized carbons (Fsp3) is 0.385. The molecule has 1 rings (SSSR count).